The predicted octanol–water partition coefficient (Wildman–Crippen LogP) is 5.54. The Hall–Kier alpha value is -3.72. The number of carbonyl (C=O) groups excluding carboxylic acids is 2. The number of amides is 2. The Morgan fingerprint density at radius 3 is 2.24 bits per heavy atom. The quantitative estimate of drug-likeness (QED) is 0.265. The number of halogens is 1. The Balaban J connectivity index is 1.90. The number of nitrogens with one attached hydrogen (secondary N) is 1. The Kier molecular flexibility index (Phi) is 11.7. The second-order valence-corrected chi connectivity index (χ2v) is 12.8. The van der Waals surface area contributed by atoms with Crippen molar-refractivity contribution in [1.82, 2.24) is 10.2 Å². The monoisotopic (exact) mass is 595 g/mol. The summed E-state index contributed by atoms with van der Waals surface area (Å²) in [6.45, 7) is 7.86. The van der Waals surface area contributed by atoms with Gasteiger partial charge in [-0.1, -0.05) is 61.5 Å². The van der Waals surface area contributed by atoms with Crippen LogP contribution in [0.4, 0.5) is 10.1 Å². The summed E-state index contributed by atoms with van der Waals surface area (Å²) < 4.78 is 40.5. The van der Waals surface area contributed by atoms with Gasteiger partial charge in [0.25, 0.3) is 0 Å². The van der Waals surface area contributed by atoms with Gasteiger partial charge in [0.15, 0.2) is 0 Å². The van der Waals surface area contributed by atoms with Gasteiger partial charge in [0.05, 0.1) is 11.9 Å². The summed E-state index contributed by atoms with van der Waals surface area (Å²) in [6, 6.07) is 20.1. The molecule has 0 saturated heterocycles. The normalized spacial score (nSPS) is 12.8. The van der Waals surface area contributed by atoms with Crippen LogP contribution >= 0.6 is 0 Å². The zero-order valence-electron chi connectivity index (χ0n) is 25.1. The number of hydrogen-bond donors (Lipinski definition) is 1. The maximum atomic E-state index is 13.9. The van der Waals surface area contributed by atoms with E-state index in [4.69, 9.17) is 0 Å². The van der Waals surface area contributed by atoms with Crippen molar-refractivity contribution in [3.8, 4) is 0 Å². The summed E-state index contributed by atoms with van der Waals surface area (Å²) in [5, 5.41) is 3.03. The van der Waals surface area contributed by atoms with E-state index < -0.39 is 16.1 Å². The zero-order chi connectivity index (χ0) is 30.9. The van der Waals surface area contributed by atoms with Crippen LogP contribution in [0.25, 0.3) is 0 Å². The number of sulfonamides is 1. The lowest BCUT2D eigenvalue weighted by Gasteiger charge is -2.33. The molecule has 0 spiro atoms. The fraction of sp³-hybridized carbons (Fsp3) is 0.394. The molecule has 0 aromatic heterocycles. The fourth-order valence-electron chi connectivity index (χ4n) is 4.75. The largest absolute Gasteiger partial charge is 0.352 e. The summed E-state index contributed by atoms with van der Waals surface area (Å²) >= 11 is 0. The van der Waals surface area contributed by atoms with Gasteiger partial charge in [-0.3, -0.25) is 13.9 Å². The first-order valence-electron chi connectivity index (χ1n) is 14.3. The molecule has 1 N–H and O–H groups in total. The van der Waals surface area contributed by atoms with Gasteiger partial charge >= 0.3 is 0 Å². The molecule has 3 aromatic carbocycles. The van der Waals surface area contributed by atoms with E-state index in [0.717, 1.165) is 29.4 Å². The van der Waals surface area contributed by atoms with E-state index in [2.05, 4.69) is 5.32 Å². The molecule has 3 rings (SSSR count). The Labute approximate surface area is 249 Å². The predicted molar refractivity (Wildman–Crippen MR) is 166 cm³/mol. The molecule has 42 heavy (non-hydrogen) atoms. The highest BCUT2D eigenvalue weighted by molar-refractivity contribution is 7.92. The van der Waals surface area contributed by atoms with Crippen LogP contribution in [0.1, 0.15) is 55.4 Å². The van der Waals surface area contributed by atoms with Gasteiger partial charge in [-0.05, 0) is 74.1 Å². The van der Waals surface area contributed by atoms with E-state index in [9.17, 15) is 22.4 Å². The highest BCUT2D eigenvalue weighted by Crippen LogP contribution is 2.25. The first kappa shape index (κ1) is 32.8. The topological polar surface area (TPSA) is 86.8 Å². The summed E-state index contributed by atoms with van der Waals surface area (Å²) in [5.41, 5.74) is 3.92. The van der Waals surface area contributed by atoms with Crippen LogP contribution in [0.5, 0.6) is 0 Å². The second kappa shape index (κ2) is 15.0. The molecular weight excluding hydrogens is 553 g/mol. The molecule has 2 amide bonds. The van der Waals surface area contributed by atoms with Crippen molar-refractivity contribution in [3.63, 3.8) is 0 Å². The van der Waals surface area contributed by atoms with E-state index >= 15 is 0 Å². The molecule has 0 aliphatic carbocycles. The Morgan fingerprint density at radius 1 is 0.952 bits per heavy atom. The number of hydrogen-bond acceptors (Lipinski definition) is 4. The molecule has 0 unspecified atom stereocenters. The molecule has 7 nitrogen and oxygen atoms in total. The first-order valence-corrected chi connectivity index (χ1v) is 16.2. The summed E-state index contributed by atoms with van der Waals surface area (Å²) in [5.74, 6) is -0.940. The van der Waals surface area contributed by atoms with Gasteiger partial charge < -0.3 is 10.2 Å². The highest BCUT2D eigenvalue weighted by Gasteiger charge is 2.31. The number of nitrogens with zero attached hydrogens (tertiary/aromatic N) is 2. The molecule has 0 saturated carbocycles. The molecule has 0 fully saturated rings. The average Bonchev–Trinajstić information content (AvgIpc) is 2.95. The van der Waals surface area contributed by atoms with Crippen molar-refractivity contribution >= 4 is 27.5 Å². The number of aryl methyl sites for hydroxylation is 2. The third kappa shape index (κ3) is 9.41. The van der Waals surface area contributed by atoms with Gasteiger partial charge in [-0.25, -0.2) is 12.8 Å². The molecule has 0 aliphatic heterocycles. The Morgan fingerprint density at radius 2 is 1.62 bits per heavy atom. The maximum Gasteiger partial charge on any atom is 0.243 e. The minimum atomic E-state index is -3.61. The first-order chi connectivity index (χ1) is 19.9. The number of anilines is 1. The third-order valence-corrected chi connectivity index (χ3v) is 8.50. The van der Waals surface area contributed by atoms with E-state index in [0.29, 0.717) is 17.7 Å². The molecule has 0 heterocycles. The van der Waals surface area contributed by atoms with Crippen molar-refractivity contribution in [3.05, 3.63) is 101 Å². The van der Waals surface area contributed by atoms with Crippen molar-refractivity contribution in [2.24, 2.45) is 0 Å². The third-order valence-electron chi connectivity index (χ3n) is 7.32. The van der Waals surface area contributed by atoms with Crippen molar-refractivity contribution in [2.75, 3.05) is 17.1 Å². The smallest absolute Gasteiger partial charge is 0.243 e. The van der Waals surface area contributed by atoms with Crippen LogP contribution in [-0.4, -0.2) is 50.0 Å². The maximum absolute atomic E-state index is 13.9. The van der Waals surface area contributed by atoms with Crippen LogP contribution in [0, 0.1) is 19.7 Å². The fourth-order valence-corrected chi connectivity index (χ4v) is 5.77. The number of carbonyl (C=O) groups is 2. The SMILES string of the molecule is CC[C@@H](C)NC(=O)[C@H](Cc1ccccc1)N(Cc1ccc(F)cc1)C(=O)CCCN(c1cc(C)ccc1C)S(C)(=O)=O. The van der Waals surface area contributed by atoms with Crippen LogP contribution in [0.2, 0.25) is 0 Å². The molecule has 3 aromatic rings. The van der Waals surface area contributed by atoms with Gasteiger partial charge in [0.1, 0.15) is 11.9 Å². The minimum absolute atomic E-state index is 0.0278. The summed E-state index contributed by atoms with van der Waals surface area (Å²) in [4.78, 5) is 29.1. The van der Waals surface area contributed by atoms with E-state index in [1.165, 1.54) is 16.4 Å². The second-order valence-electron chi connectivity index (χ2n) is 10.9. The minimum Gasteiger partial charge on any atom is -0.352 e. The molecular formula is C33H42FN3O4S. The molecule has 0 bridgehead atoms. The number of rotatable bonds is 14. The van der Waals surface area contributed by atoms with Gasteiger partial charge in [0.2, 0.25) is 21.8 Å². The van der Waals surface area contributed by atoms with Crippen LogP contribution < -0.4 is 9.62 Å². The standard InChI is InChI=1S/C33H42FN3O4S/c1-6-26(4)35-33(39)31(22-27-11-8-7-9-12-27)36(23-28-16-18-29(34)19-17-28)32(38)13-10-20-37(42(5,40)41)30-21-24(2)14-15-25(30)3/h7-9,11-12,14-19,21,26,31H,6,10,13,20,22-23H2,1-5H3,(H,35,39)/t26-,31+/m1/s1. The highest BCUT2D eigenvalue weighted by atomic mass is 32.2. The Bertz CT molecular complexity index is 1450. The lowest BCUT2D eigenvalue weighted by atomic mass is 10.0. The van der Waals surface area contributed by atoms with E-state index in [1.807, 2.05) is 76.2 Å². The van der Waals surface area contributed by atoms with Crippen LogP contribution in [0.3, 0.4) is 0 Å². The zero-order valence-corrected chi connectivity index (χ0v) is 26.0. The van der Waals surface area contributed by atoms with E-state index in [1.54, 1.807) is 17.0 Å². The lowest BCUT2D eigenvalue weighted by Crippen LogP contribution is -2.52. The molecule has 2 atom stereocenters. The van der Waals surface area contributed by atoms with Crippen LogP contribution in [-0.2, 0) is 32.6 Å². The van der Waals surface area contributed by atoms with Gasteiger partial charge in [-0.15, -0.1) is 0 Å². The van der Waals surface area contributed by atoms with Crippen LogP contribution in [0.15, 0.2) is 72.8 Å². The average molecular weight is 596 g/mol. The van der Waals surface area contributed by atoms with Crippen molar-refractivity contribution < 1.29 is 22.4 Å². The van der Waals surface area contributed by atoms with Crippen molar-refractivity contribution in [1.29, 1.82) is 0 Å². The number of benzene rings is 3. The summed E-state index contributed by atoms with van der Waals surface area (Å²) in [6.07, 6.45) is 2.47. The van der Waals surface area contributed by atoms with E-state index in [-0.39, 0.29) is 49.6 Å². The molecule has 0 radical (unpaired) electrons. The summed E-state index contributed by atoms with van der Waals surface area (Å²) in [7, 11) is -3.61. The van der Waals surface area contributed by atoms with Crippen molar-refractivity contribution in [2.45, 2.75) is 72.0 Å². The lowest BCUT2D eigenvalue weighted by molar-refractivity contribution is -0.141. The van der Waals surface area contributed by atoms with Gasteiger partial charge in [0, 0.05) is 32.0 Å². The molecule has 0 aliphatic rings. The van der Waals surface area contributed by atoms with Gasteiger partial charge in [-0.2, -0.15) is 0 Å². The molecule has 226 valence electrons. The molecule has 9 heteroatoms.